The average molecular weight is 377 g/mol. The SMILES string of the molecule is NNc1ccccc1S(=O)(=O)Nc1ccc(Cl)c(Br)c1. The second kappa shape index (κ2) is 6.01. The van der Waals surface area contributed by atoms with Gasteiger partial charge in [0.15, 0.2) is 0 Å². The molecule has 4 N–H and O–H groups in total. The normalized spacial score (nSPS) is 11.2. The Kier molecular flexibility index (Phi) is 4.54. The first-order valence-electron chi connectivity index (χ1n) is 5.47. The van der Waals surface area contributed by atoms with Crippen LogP contribution in [-0.2, 0) is 10.0 Å². The summed E-state index contributed by atoms with van der Waals surface area (Å²) in [5.74, 6) is 5.32. The van der Waals surface area contributed by atoms with Crippen molar-refractivity contribution in [1.29, 1.82) is 0 Å². The molecule has 0 amide bonds. The zero-order valence-corrected chi connectivity index (χ0v) is 13.3. The van der Waals surface area contributed by atoms with Gasteiger partial charge in [0.05, 0.1) is 16.4 Å². The third kappa shape index (κ3) is 3.24. The van der Waals surface area contributed by atoms with E-state index in [9.17, 15) is 8.42 Å². The van der Waals surface area contributed by atoms with E-state index in [-0.39, 0.29) is 4.90 Å². The number of para-hydroxylation sites is 1. The zero-order valence-electron chi connectivity index (χ0n) is 10.1. The molecule has 0 aromatic heterocycles. The second-order valence-electron chi connectivity index (χ2n) is 3.87. The van der Waals surface area contributed by atoms with Crippen LogP contribution in [0.4, 0.5) is 11.4 Å². The van der Waals surface area contributed by atoms with Crippen molar-refractivity contribution in [3.05, 3.63) is 52.0 Å². The number of sulfonamides is 1. The van der Waals surface area contributed by atoms with Crippen LogP contribution in [0.2, 0.25) is 5.02 Å². The summed E-state index contributed by atoms with van der Waals surface area (Å²) in [5.41, 5.74) is 3.07. The van der Waals surface area contributed by atoms with E-state index in [1.54, 1.807) is 36.4 Å². The van der Waals surface area contributed by atoms with Crippen molar-refractivity contribution in [2.75, 3.05) is 10.1 Å². The summed E-state index contributed by atoms with van der Waals surface area (Å²) in [6.07, 6.45) is 0. The predicted octanol–water partition coefficient (Wildman–Crippen LogP) is 3.19. The van der Waals surface area contributed by atoms with Crippen LogP contribution >= 0.6 is 27.5 Å². The van der Waals surface area contributed by atoms with Crippen molar-refractivity contribution in [3.63, 3.8) is 0 Å². The van der Waals surface area contributed by atoms with E-state index in [0.717, 1.165) is 0 Å². The molecule has 20 heavy (non-hydrogen) atoms. The van der Waals surface area contributed by atoms with Crippen LogP contribution in [0.15, 0.2) is 51.8 Å². The van der Waals surface area contributed by atoms with Gasteiger partial charge in [-0.2, -0.15) is 0 Å². The number of hydrazine groups is 1. The summed E-state index contributed by atoms with van der Waals surface area (Å²) in [4.78, 5) is 0.0635. The molecule has 0 aliphatic heterocycles. The van der Waals surface area contributed by atoms with Crippen molar-refractivity contribution in [2.45, 2.75) is 4.90 Å². The smallest absolute Gasteiger partial charge is 0.264 e. The van der Waals surface area contributed by atoms with E-state index < -0.39 is 10.0 Å². The molecular weight excluding hydrogens is 366 g/mol. The fourth-order valence-corrected chi connectivity index (χ4v) is 3.31. The molecule has 0 spiro atoms. The first-order chi connectivity index (χ1) is 9.44. The van der Waals surface area contributed by atoms with Gasteiger partial charge in [-0.05, 0) is 46.3 Å². The lowest BCUT2D eigenvalue weighted by molar-refractivity contribution is 0.601. The minimum Gasteiger partial charge on any atom is -0.323 e. The fraction of sp³-hybridized carbons (Fsp3) is 0. The summed E-state index contributed by atoms with van der Waals surface area (Å²) in [6.45, 7) is 0. The van der Waals surface area contributed by atoms with Crippen molar-refractivity contribution in [2.24, 2.45) is 5.84 Å². The van der Waals surface area contributed by atoms with Crippen LogP contribution in [0.5, 0.6) is 0 Å². The highest BCUT2D eigenvalue weighted by Gasteiger charge is 2.18. The van der Waals surface area contributed by atoms with Gasteiger partial charge in [0.25, 0.3) is 10.0 Å². The molecule has 2 rings (SSSR count). The number of nitrogen functional groups attached to an aromatic ring is 1. The summed E-state index contributed by atoms with van der Waals surface area (Å²) < 4.78 is 27.7. The summed E-state index contributed by atoms with van der Waals surface area (Å²) in [6, 6.07) is 11.1. The van der Waals surface area contributed by atoms with Crippen molar-refractivity contribution in [3.8, 4) is 0 Å². The van der Waals surface area contributed by atoms with Crippen molar-refractivity contribution >= 4 is 48.9 Å². The van der Waals surface area contributed by atoms with Gasteiger partial charge in [-0.25, -0.2) is 8.42 Å². The van der Waals surface area contributed by atoms with Crippen LogP contribution < -0.4 is 16.0 Å². The molecule has 0 aliphatic carbocycles. The molecule has 0 saturated carbocycles. The van der Waals surface area contributed by atoms with Crippen LogP contribution in [-0.4, -0.2) is 8.42 Å². The van der Waals surface area contributed by atoms with E-state index in [1.165, 1.54) is 6.07 Å². The van der Waals surface area contributed by atoms with Crippen LogP contribution in [0.3, 0.4) is 0 Å². The van der Waals surface area contributed by atoms with Gasteiger partial charge in [0, 0.05) is 4.47 Å². The third-order valence-electron chi connectivity index (χ3n) is 2.50. The lowest BCUT2D eigenvalue weighted by atomic mass is 10.3. The van der Waals surface area contributed by atoms with Crippen LogP contribution in [0, 0.1) is 0 Å². The summed E-state index contributed by atoms with van der Waals surface area (Å²) >= 11 is 9.10. The quantitative estimate of drug-likeness (QED) is 0.565. The number of rotatable bonds is 4. The molecule has 0 radical (unpaired) electrons. The van der Waals surface area contributed by atoms with Gasteiger partial charge in [0.1, 0.15) is 4.90 Å². The molecule has 0 saturated heterocycles. The number of hydrogen-bond acceptors (Lipinski definition) is 4. The molecule has 8 heteroatoms. The predicted molar refractivity (Wildman–Crippen MR) is 84.2 cm³/mol. The molecule has 0 heterocycles. The highest BCUT2D eigenvalue weighted by Crippen LogP contribution is 2.28. The van der Waals surface area contributed by atoms with Gasteiger partial charge in [-0.1, -0.05) is 23.7 Å². The largest absolute Gasteiger partial charge is 0.323 e. The van der Waals surface area contributed by atoms with Gasteiger partial charge in [0.2, 0.25) is 0 Å². The highest BCUT2D eigenvalue weighted by molar-refractivity contribution is 9.10. The Hall–Kier alpha value is -1.28. The zero-order chi connectivity index (χ0) is 14.8. The Labute approximate surface area is 130 Å². The van der Waals surface area contributed by atoms with Crippen LogP contribution in [0.1, 0.15) is 0 Å². The van der Waals surface area contributed by atoms with E-state index >= 15 is 0 Å². The monoisotopic (exact) mass is 375 g/mol. The molecule has 106 valence electrons. The highest BCUT2D eigenvalue weighted by atomic mass is 79.9. The maximum atomic E-state index is 12.3. The maximum absolute atomic E-state index is 12.3. The molecule has 0 aliphatic rings. The van der Waals surface area contributed by atoms with Crippen LogP contribution in [0.25, 0.3) is 0 Å². The van der Waals surface area contributed by atoms with E-state index in [0.29, 0.717) is 20.9 Å². The minimum absolute atomic E-state index is 0.0635. The number of benzene rings is 2. The van der Waals surface area contributed by atoms with Gasteiger partial charge in [-0.15, -0.1) is 0 Å². The van der Waals surface area contributed by atoms with E-state index in [1.807, 2.05) is 0 Å². The number of halogens is 2. The number of hydrogen-bond donors (Lipinski definition) is 3. The van der Waals surface area contributed by atoms with E-state index in [4.69, 9.17) is 17.4 Å². The molecule has 0 atom stereocenters. The number of anilines is 2. The molecule has 0 bridgehead atoms. The van der Waals surface area contributed by atoms with Gasteiger partial charge < -0.3 is 5.43 Å². The Bertz CT molecular complexity index is 737. The lowest BCUT2D eigenvalue weighted by Crippen LogP contribution is -2.17. The van der Waals surface area contributed by atoms with Gasteiger partial charge >= 0.3 is 0 Å². The lowest BCUT2D eigenvalue weighted by Gasteiger charge is -2.12. The average Bonchev–Trinajstić information content (AvgIpc) is 2.42. The third-order valence-corrected chi connectivity index (χ3v) is 5.16. The van der Waals surface area contributed by atoms with Gasteiger partial charge in [-0.3, -0.25) is 10.6 Å². The fourth-order valence-electron chi connectivity index (χ4n) is 1.59. The molecule has 0 fully saturated rings. The summed E-state index contributed by atoms with van der Waals surface area (Å²) in [7, 11) is -3.74. The minimum atomic E-state index is -3.74. The second-order valence-corrected chi connectivity index (χ2v) is 6.79. The Morgan fingerprint density at radius 3 is 2.50 bits per heavy atom. The maximum Gasteiger partial charge on any atom is 0.264 e. The topological polar surface area (TPSA) is 84.2 Å². The Morgan fingerprint density at radius 2 is 1.85 bits per heavy atom. The van der Waals surface area contributed by atoms with Crippen molar-refractivity contribution in [1.82, 2.24) is 0 Å². The van der Waals surface area contributed by atoms with Crippen molar-refractivity contribution < 1.29 is 8.42 Å². The first-order valence-corrected chi connectivity index (χ1v) is 8.13. The Morgan fingerprint density at radius 1 is 1.15 bits per heavy atom. The number of nitrogens with two attached hydrogens (primary N) is 1. The molecule has 2 aromatic rings. The number of nitrogens with one attached hydrogen (secondary N) is 2. The Balaban J connectivity index is 2.38. The standard InChI is InChI=1S/C12H11BrClN3O2S/c13-9-7-8(5-6-10(9)14)17-20(18,19)12-4-2-1-3-11(12)16-15/h1-7,16-17H,15H2. The first kappa shape index (κ1) is 15.1. The molecule has 5 nitrogen and oxygen atoms in total. The van der Waals surface area contributed by atoms with E-state index in [2.05, 4.69) is 26.1 Å². The molecular formula is C12H11BrClN3O2S. The molecule has 0 unspecified atom stereocenters. The molecule has 2 aromatic carbocycles. The summed E-state index contributed by atoms with van der Waals surface area (Å²) in [5, 5.41) is 0.497.